The minimum Gasteiger partial charge on any atom is -0.0599 e. The van der Waals surface area contributed by atoms with Crippen LogP contribution in [0.1, 0.15) is 74.7 Å². The lowest BCUT2D eigenvalue weighted by molar-refractivity contribution is 0.00130. The second-order valence-corrected chi connectivity index (χ2v) is 8.48. The van der Waals surface area contributed by atoms with Crippen LogP contribution < -0.4 is 0 Å². The monoisotopic (exact) mass is 224 g/mol. The minimum absolute atomic E-state index is 0.408. The summed E-state index contributed by atoms with van der Waals surface area (Å²) >= 11 is 0. The molecule has 2 unspecified atom stereocenters. The number of rotatable bonds is 1. The topological polar surface area (TPSA) is 0 Å². The molecule has 0 heteroatoms. The van der Waals surface area contributed by atoms with E-state index < -0.39 is 0 Å². The Labute approximate surface area is 103 Å². The molecule has 1 rings (SSSR count). The molecule has 2 atom stereocenters. The van der Waals surface area contributed by atoms with E-state index in [1.54, 1.807) is 0 Å². The van der Waals surface area contributed by atoms with E-state index in [1.165, 1.54) is 19.3 Å². The molecule has 0 spiro atoms. The van der Waals surface area contributed by atoms with Crippen molar-refractivity contribution in [3.63, 3.8) is 0 Å². The van der Waals surface area contributed by atoms with Gasteiger partial charge in [-0.2, -0.15) is 0 Å². The van der Waals surface area contributed by atoms with Crippen LogP contribution in [0.4, 0.5) is 0 Å². The second kappa shape index (κ2) is 4.03. The van der Waals surface area contributed by atoms with Crippen LogP contribution in [0.5, 0.6) is 0 Å². The van der Waals surface area contributed by atoms with Crippen molar-refractivity contribution in [1.29, 1.82) is 0 Å². The molecule has 0 aromatic carbocycles. The third-order valence-corrected chi connectivity index (χ3v) is 5.49. The van der Waals surface area contributed by atoms with Gasteiger partial charge in [-0.25, -0.2) is 0 Å². The Morgan fingerprint density at radius 1 is 0.688 bits per heavy atom. The lowest BCUT2D eigenvalue weighted by atomic mass is 9.56. The van der Waals surface area contributed by atoms with E-state index in [0.29, 0.717) is 16.2 Å². The molecule has 0 aromatic rings. The average molecular weight is 224 g/mol. The zero-order valence-electron chi connectivity index (χ0n) is 12.8. The van der Waals surface area contributed by atoms with E-state index in [-0.39, 0.29) is 0 Å². The van der Waals surface area contributed by atoms with Crippen molar-refractivity contribution in [3.05, 3.63) is 0 Å². The summed E-state index contributed by atoms with van der Waals surface area (Å²) in [5.74, 6) is 1.80. The molecular formula is C16H32. The van der Waals surface area contributed by atoms with Crippen LogP contribution in [0.3, 0.4) is 0 Å². The smallest absolute Gasteiger partial charge is 0.0274 e. The van der Waals surface area contributed by atoms with Crippen LogP contribution in [0.2, 0.25) is 0 Å². The van der Waals surface area contributed by atoms with Crippen molar-refractivity contribution >= 4 is 0 Å². The normalized spacial score (nSPS) is 28.5. The van der Waals surface area contributed by atoms with E-state index in [0.717, 1.165) is 11.8 Å². The average Bonchev–Trinajstić information content (AvgIpc) is 2.47. The highest BCUT2D eigenvalue weighted by Crippen LogP contribution is 2.56. The zero-order valence-corrected chi connectivity index (χ0v) is 12.8. The van der Waals surface area contributed by atoms with Gasteiger partial charge in [-0.3, -0.25) is 0 Å². The lowest BCUT2D eigenvalue weighted by Crippen LogP contribution is -2.41. The summed E-state index contributed by atoms with van der Waals surface area (Å²) in [6.45, 7) is 19.5. The summed E-state index contributed by atoms with van der Waals surface area (Å²) in [4.78, 5) is 0. The van der Waals surface area contributed by atoms with Crippen molar-refractivity contribution in [2.75, 3.05) is 0 Å². The van der Waals surface area contributed by atoms with Gasteiger partial charge in [-0.15, -0.1) is 0 Å². The van der Waals surface area contributed by atoms with E-state index in [9.17, 15) is 0 Å². The van der Waals surface area contributed by atoms with Crippen molar-refractivity contribution in [2.24, 2.45) is 28.1 Å². The van der Waals surface area contributed by atoms with Crippen LogP contribution in [0.15, 0.2) is 0 Å². The van der Waals surface area contributed by atoms with Crippen molar-refractivity contribution in [2.45, 2.75) is 74.7 Å². The first-order chi connectivity index (χ1) is 6.98. The highest BCUT2D eigenvalue weighted by Gasteiger charge is 2.48. The van der Waals surface area contributed by atoms with Gasteiger partial charge >= 0.3 is 0 Å². The van der Waals surface area contributed by atoms with Gasteiger partial charge in [0, 0.05) is 0 Å². The predicted molar refractivity (Wildman–Crippen MR) is 73.5 cm³/mol. The molecule has 0 heterocycles. The third kappa shape index (κ3) is 2.46. The Bertz CT molecular complexity index is 234. The summed E-state index contributed by atoms with van der Waals surface area (Å²) in [5, 5.41) is 0. The van der Waals surface area contributed by atoms with E-state index >= 15 is 0 Å². The maximum Gasteiger partial charge on any atom is -0.0274 e. The van der Waals surface area contributed by atoms with Gasteiger partial charge in [0.15, 0.2) is 0 Å². The van der Waals surface area contributed by atoms with Gasteiger partial charge in [0.25, 0.3) is 0 Å². The predicted octanol–water partition coefficient (Wildman–Crippen LogP) is 5.52. The van der Waals surface area contributed by atoms with Gasteiger partial charge in [-0.05, 0) is 40.9 Å². The van der Waals surface area contributed by atoms with Gasteiger partial charge in [0.1, 0.15) is 0 Å². The minimum atomic E-state index is 0.408. The maximum absolute atomic E-state index is 2.49. The lowest BCUT2D eigenvalue weighted by Gasteiger charge is -2.49. The largest absolute Gasteiger partial charge is 0.0599 e. The molecule has 0 radical (unpaired) electrons. The van der Waals surface area contributed by atoms with Crippen LogP contribution in [-0.2, 0) is 0 Å². The molecule has 1 aliphatic carbocycles. The van der Waals surface area contributed by atoms with Gasteiger partial charge in [0.05, 0.1) is 0 Å². The Morgan fingerprint density at radius 2 is 1.12 bits per heavy atom. The Hall–Kier alpha value is 0. The molecule has 1 fully saturated rings. The molecule has 1 aliphatic rings. The van der Waals surface area contributed by atoms with Crippen LogP contribution in [0, 0.1) is 28.1 Å². The standard InChI is InChI=1S/C16H32/c1-14(2,3)12-10-9-11-13(12)16(7,8)15(4,5)6/h12-13H,9-11H2,1-8H3. The zero-order chi connectivity index (χ0) is 12.8. The first kappa shape index (κ1) is 14.1. The number of hydrogen-bond acceptors (Lipinski definition) is 0. The molecule has 0 aromatic heterocycles. The Morgan fingerprint density at radius 3 is 1.50 bits per heavy atom. The summed E-state index contributed by atoms with van der Waals surface area (Å²) in [7, 11) is 0. The van der Waals surface area contributed by atoms with E-state index in [4.69, 9.17) is 0 Å². The Kier molecular flexibility index (Phi) is 3.54. The molecule has 0 amide bonds. The first-order valence-corrected chi connectivity index (χ1v) is 6.98. The summed E-state index contributed by atoms with van der Waals surface area (Å²) < 4.78 is 0. The van der Waals surface area contributed by atoms with Gasteiger partial charge in [0.2, 0.25) is 0 Å². The van der Waals surface area contributed by atoms with E-state index in [2.05, 4.69) is 55.4 Å². The quantitative estimate of drug-likeness (QED) is 0.550. The molecule has 0 bridgehead atoms. The van der Waals surface area contributed by atoms with Crippen molar-refractivity contribution in [1.82, 2.24) is 0 Å². The fraction of sp³-hybridized carbons (Fsp3) is 1.00. The van der Waals surface area contributed by atoms with Crippen molar-refractivity contribution in [3.8, 4) is 0 Å². The highest BCUT2D eigenvalue weighted by molar-refractivity contribution is 4.97. The fourth-order valence-corrected chi connectivity index (χ4v) is 3.42. The molecular weight excluding hydrogens is 192 g/mol. The molecule has 0 nitrogen and oxygen atoms in total. The van der Waals surface area contributed by atoms with Gasteiger partial charge in [-0.1, -0.05) is 61.8 Å². The second-order valence-electron chi connectivity index (χ2n) is 8.48. The van der Waals surface area contributed by atoms with Crippen LogP contribution in [-0.4, -0.2) is 0 Å². The molecule has 16 heavy (non-hydrogen) atoms. The Balaban J connectivity index is 2.96. The summed E-state index contributed by atoms with van der Waals surface area (Å²) in [6, 6.07) is 0. The van der Waals surface area contributed by atoms with E-state index in [1.807, 2.05) is 0 Å². The first-order valence-electron chi connectivity index (χ1n) is 6.98. The molecule has 0 aliphatic heterocycles. The molecule has 0 saturated heterocycles. The summed E-state index contributed by atoms with van der Waals surface area (Å²) in [5.41, 5.74) is 1.33. The maximum atomic E-state index is 2.49. The summed E-state index contributed by atoms with van der Waals surface area (Å²) in [6.07, 6.45) is 4.31. The van der Waals surface area contributed by atoms with Crippen LogP contribution >= 0.6 is 0 Å². The molecule has 96 valence electrons. The fourth-order valence-electron chi connectivity index (χ4n) is 3.42. The molecule has 0 N–H and O–H groups in total. The highest BCUT2D eigenvalue weighted by atomic mass is 14.5. The van der Waals surface area contributed by atoms with Gasteiger partial charge < -0.3 is 0 Å². The molecule has 1 saturated carbocycles. The number of hydrogen-bond donors (Lipinski definition) is 0. The third-order valence-electron chi connectivity index (χ3n) is 5.49. The van der Waals surface area contributed by atoms with Crippen LogP contribution in [0.25, 0.3) is 0 Å². The van der Waals surface area contributed by atoms with Crippen molar-refractivity contribution < 1.29 is 0 Å². The SMILES string of the molecule is CC(C)(C)C1CCCC1C(C)(C)C(C)(C)C.